The summed E-state index contributed by atoms with van der Waals surface area (Å²) in [5, 5.41) is 0. The van der Waals surface area contributed by atoms with Crippen molar-refractivity contribution in [2.45, 2.75) is 61.2 Å². The normalized spacial score (nSPS) is 15.2. The zero-order chi connectivity index (χ0) is 29.3. The molecule has 36 heavy (non-hydrogen) atoms. The van der Waals surface area contributed by atoms with Crippen LogP contribution in [0.25, 0.3) is 0 Å². The number of carbonyl (C=O) groups excluding carboxylic acids is 2. The van der Waals surface area contributed by atoms with Crippen molar-refractivity contribution in [3.8, 4) is 0 Å². The number of esters is 2. The number of ether oxygens (including phenoxy) is 2. The minimum atomic E-state index is -8.58. The molecule has 0 amide bonds. The van der Waals surface area contributed by atoms with Crippen LogP contribution in [-0.2, 0) is 19.1 Å². The molecule has 1 unspecified atom stereocenters. The summed E-state index contributed by atoms with van der Waals surface area (Å²) in [7, 11) is 0. The van der Waals surface area contributed by atoms with Crippen LogP contribution in [0.2, 0.25) is 0 Å². The molecule has 0 heterocycles. The molecule has 0 radical (unpaired) electrons. The van der Waals surface area contributed by atoms with E-state index in [0.717, 1.165) is 6.92 Å². The zero-order valence-corrected chi connectivity index (χ0v) is 17.3. The van der Waals surface area contributed by atoms with Crippen molar-refractivity contribution >= 4 is 11.9 Å². The Kier molecular flexibility index (Phi) is 9.29. The van der Waals surface area contributed by atoms with Crippen LogP contribution in [0.3, 0.4) is 0 Å². The number of halogens is 15. The van der Waals surface area contributed by atoms with Crippen LogP contribution in [0.1, 0.15) is 13.3 Å². The van der Waals surface area contributed by atoms with Crippen LogP contribution in [0.15, 0.2) is 24.8 Å². The Hall–Kier alpha value is -2.63. The maximum atomic E-state index is 14.1. The molecule has 0 N–H and O–H groups in total. The van der Waals surface area contributed by atoms with E-state index >= 15 is 0 Å². The Morgan fingerprint density at radius 2 is 1.19 bits per heavy atom. The van der Waals surface area contributed by atoms with E-state index in [9.17, 15) is 75.4 Å². The van der Waals surface area contributed by atoms with Crippen LogP contribution in [0, 0.1) is 0 Å². The van der Waals surface area contributed by atoms with Gasteiger partial charge in [0.1, 0.15) is 12.7 Å². The molecule has 0 spiro atoms. The fraction of sp³-hybridized carbons (Fsp3) is 0.647. The van der Waals surface area contributed by atoms with Gasteiger partial charge in [-0.15, -0.1) is 0 Å². The van der Waals surface area contributed by atoms with Crippen LogP contribution in [0.4, 0.5) is 65.9 Å². The van der Waals surface area contributed by atoms with Gasteiger partial charge in [-0.25, -0.2) is 14.0 Å². The van der Waals surface area contributed by atoms with E-state index in [-0.39, 0.29) is 6.08 Å². The second kappa shape index (κ2) is 10.0. The van der Waals surface area contributed by atoms with E-state index in [0.29, 0.717) is 0 Å². The Balaban J connectivity index is 6.58. The van der Waals surface area contributed by atoms with E-state index in [4.69, 9.17) is 0 Å². The van der Waals surface area contributed by atoms with Crippen molar-refractivity contribution in [1.82, 2.24) is 0 Å². The molecule has 0 bridgehead atoms. The largest absolute Gasteiger partial charge is 0.458 e. The Morgan fingerprint density at radius 1 is 0.778 bits per heavy atom. The first-order valence-electron chi connectivity index (χ1n) is 8.65. The minimum absolute atomic E-state index is 0.150. The molecule has 0 aromatic heterocycles. The first-order chi connectivity index (χ1) is 15.7. The lowest BCUT2D eigenvalue weighted by Crippen LogP contribution is -2.75. The van der Waals surface area contributed by atoms with Crippen LogP contribution in [0.5, 0.6) is 0 Å². The van der Waals surface area contributed by atoms with Gasteiger partial charge in [-0.3, -0.25) is 0 Å². The number of rotatable bonds is 11. The molecule has 0 aliphatic rings. The SMILES string of the molecule is C=CC(=O)OC(COC(=O)C(=C)C)CC(F)(F)C(F)(F)C(F)(F)C(F)(F)C(F)(C(F)(F)F)C(F)(F)F. The molecule has 19 heteroatoms. The zero-order valence-electron chi connectivity index (χ0n) is 17.3. The standard InChI is InChI=1S/C17H13F15O4/c1-4-9(33)36-8(6-35-10(34)7(2)3)5-11(18,19)13(21,22)15(25,26)14(23,24)12(20,16(27,28)29)17(30,31)32/h4,8H,1-2,5-6H2,3H3. The van der Waals surface area contributed by atoms with Gasteiger partial charge in [-0.2, -0.15) is 61.5 Å². The van der Waals surface area contributed by atoms with Gasteiger partial charge in [0.15, 0.2) is 0 Å². The predicted molar refractivity (Wildman–Crippen MR) is 86.2 cm³/mol. The minimum Gasteiger partial charge on any atom is -0.458 e. The van der Waals surface area contributed by atoms with Crippen LogP contribution < -0.4 is 0 Å². The highest BCUT2D eigenvalue weighted by atomic mass is 19.4. The molecule has 0 saturated heterocycles. The molecule has 210 valence electrons. The first kappa shape index (κ1) is 33.4. The highest BCUT2D eigenvalue weighted by molar-refractivity contribution is 5.87. The Bertz CT molecular complexity index is 843. The lowest BCUT2D eigenvalue weighted by molar-refractivity contribution is -0.457. The lowest BCUT2D eigenvalue weighted by Gasteiger charge is -2.43. The first-order valence-corrected chi connectivity index (χ1v) is 8.65. The smallest absolute Gasteiger partial charge is 0.438 e. The third-order valence-corrected chi connectivity index (χ3v) is 4.14. The van der Waals surface area contributed by atoms with Crippen molar-refractivity contribution < 1.29 is 84.9 Å². The molecule has 0 saturated carbocycles. The van der Waals surface area contributed by atoms with Crippen LogP contribution >= 0.6 is 0 Å². The number of hydrogen-bond acceptors (Lipinski definition) is 4. The summed E-state index contributed by atoms with van der Waals surface area (Å²) in [6.45, 7) is 4.93. The molecule has 0 rings (SSSR count). The fourth-order valence-corrected chi connectivity index (χ4v) is 2.21. The van der Waals surface area contributed by atoms with E-state index in [1.165, 1.54) is 0 Å². The van der Waals surface area contributed by atoms with Crippen molar-refractivity contribution in [3.05, 3.63) is 24.8 Å². The van der Waals surface area contributed by atoms with Crippen molar-refractivity contribution in [2.24, 2.45) is 0 Å². The highest BCUT2D eigenvalue weighted by Gasteiger charge is 2.95. The summed E-state index contributed by atoms with van der Waals surface area (Å²) in [5.74, 6) is -34.9. The number of hydrogen-bond donors (Lipinski definition) is 0. The molecule has 1 atom stereocenters. The van der Waals surface area contributed by atoms with Gasteiger partial charge in [0.2, 0.25) is 0 Å². The summed E-state index contributed by atoms with van der Waals surface area (Å²) in [5.41, 5.74) is -8.92. The predicted octanol–water partition coefficient (Wildman–Crippen LogP) is 5.97. The van der Waals surface area contributed by atoms with E-state index in [1.807, 2.05) is 0 Å². The quantitative estimate of drug-likeness (QED) is 0.176. The maximum absolute atomic E-state index is 14.1. The van der Waals surface area contributed by atoms with Gasteiger partial charge in [0, 0.05) is 11.6 Å². The molecule has 0 fully saturated rings. The average molecular weight is 566 g/mol. The maximum Gasteiger partial charge on any atom is 0.438 e. The molecule has 0 aliphatic heterocycles. The molecule has 4 nitrogen and oxygen atoms in total. The molecule has 0 aliphatic carbocycles. The molecular weight excluding hydrogens is 553 g/mol. The van der Waals surface area contributed by atoms with E-state index < -0.39 is 78.4 Å². The third-order valence-electron chi connectivity index (χ3n) is 4.14. The summed E-state index contributed by atoms with van der Waals surface area (Å²) in [6, 6.07) is 0. The molecule has 0 aromatic rings. The van der Waals surface area contributed by atoms with Crippen molar-refractivity contribution in [3.63, 3.8) is 0 Å². The topological polar surface area (TPSA) is 52.6 Å². The van der Waals surface area contributed by atoms with Gasteiger partial charge < -0.3 is 9.47 Å². The van der Waals surface area contributed by atoms with E-state index in [2.05, 4.69) is 22.6 Å². The number of carbonyl (C=O) groups is 2. The highest BCUT2D eigenvalue weighted by Crippen LogP contribution is 2.64. The average Bonchev–Trinajstić information content (AvgIpc) is 2.68. The molecule has 0 aromatic carbocycles. The summed E-state index contributed by atoms with van der Waals surface area (Å²) >= 11 is 0. The van der Waals surface area contributed by atoms with Gasteiger partial charge >= 0.3 is 53.7 Å². The number of alkyl halides is 15. The van der Waals surface area contributed by atoms with Gasteiger partial charge in [0.05, 0.1) is 6.42 Å². The molecular formula is C17H13F15O4. The van der Waals surface area contributed by atoms with Crippen molar-refractivity contribution in [2.75, 3.05) is 6.61 Å². The summed E-state index contributed by atoms with van der Waals surface area (Å²) < 4.78 is 207. The third kappa shape index (κ3) is 5.68. The second-order valence-electron chi connectivity index (χ2n) is 6.93. The monoisotopic (exact) mass is 566 g/mol. The second-order valence-corrected chi connectivity index (χ2v) is 6.93. The Morgan fingerprint density at radius 3 is 1.53 bits per heavy atom. The van der Waals surface area contributed by atoms with Gasteiger partial charge in [-0.05, 0) is 6.92 Å². The van der Waals surface area contributed by atoms with Crippen LogP contribution in [-0.4, -0.2) is 66.4 Å². The summed E-state index contributed by atoms with van der Waals surface area (Å²) in [6.07, 6.45) is -21.9. The Labute approximate surface area is 190 Å². The van der Waals surface area contributed by atoms with Gasteiger partial charge in [0.25, 0.3) is 0 Å². The fourth-order valence-electron chi connectivity index (χ4n) is 2.21. The van der Waals surface area contributed by atoms with Crippen molar-refractivity contribution in [1.29, 1.82) is 0 Å². The van der Waals surface area contributed by atoms with Gasteiger partial charge in [-0.1, -0.05) is 13.2 Å². The lowest BCUT2D eigenvalue weighted by atomic mass is 9.85. The van der Waals surface area contributed by atoms with E-state index in [1.54, 1.807) is 0 Å². The summed E-state index contributed by atoms with van der Waals surface area (Å²) in [4.78, 5) is 22.4.